The van der Waals surface area contributed by atoms with Crippen molar-refractivity contribution in [1.29, 1.82) is 0 Å². The molecule has 0 radical (unpaired) electrons. The SMILES string of the molecule is CCCCCOc1ccc(C(=O)CCC(=O)N2CCC(NC)CC2)cc1. The Morgan fingerprint density at radius 1 is 1.12 bits per heavy atom. The molecule has 0 spiro atoms. The second-order valence-corrected chi connectivity index (χ2v) is 6.95. The summed E-state index contributed by atoms with van der Waals surface area (Å²) in [5.41, 5.74) is 0.646. The lowest BCUT2D eigenvalue weighted by atomic mass is 10.0. The molecule has 0 atom stereocenters. The van der Waals surface area contributed by atoms with Crippen LogP contribution in [0.5, 0.6) is 5.75 Å². The zero-order valence-corrected chi connectivity index (χ0v) is 16.1. The molecular formula is C21H32N2O3. The van der Waals surface area contributed by atoms with Crippen LogP contribution in [0.25, 0.3) is 0 Å². The van der Waals surface area contributed by atoms with Crippen molar-refractivity contribution in [2.24, 2.45) is 0 Å². The first-order chi connectivity index (χ1) is 12.6. The summed E-state index contributed by atoms with van der Waals surface area (Å²) >= 11 is 0. The first kappa shape index (κ1) is 20.4. The van der Waals surface area contributed by atoms with Gasteiger partial charge in [-0.2, -0.15) is 0 Å². The molecule has 1 saturated heterocycles. The number of piperidine rings is 1. The van der Waals surface area contributed by atoms with Gasteiger partial charge in [0.2, 0.25) is 5.91 Å². The average molecular weight is 360 g/mol. The summed E-state index contributed by atoms with van der Waals surface area (Å²) in [5.74, 6) is 0.894. The minimum Gasteiger partial charge on any atom is -0.494 e. The van der Waals surface area contributed by atoms with E-state index in [1.165, 1.54) is 6.42 Å². The summed E-state index contributed by atoms with van der Waals surface area (Å²) in [6.45, 7) is 4.43. The van der Waals surface area contributed by atoms with E-state index in [-0.39, 0.29) is 18.1 Å². The number of unbranched alkanes of at least 4 members (excludes halogenated alkanes) is 2. The largest absolute Gasteiger partial charge is 0.494 e. The zero-order chi connectivity index (χ0) is 18.8. The smallest absolute Gasteiger partial charge is 0.223 e. The molecule has 26 heavy (non-hydrogen) atoms. The van der Waals surface area contributed by atoms with E-state index in [0.717, 1.165) is 44.5 Å². The summed E-state index contributed by atoms with van der Waals surface area (Å²) in [4.78, 5) is 26.5. The highest BCUT2D eigenvalue weighted by molar-refractivity contribution is 5.98. The third-order valence-electron chi connectivity index (χ3n) is 5.01. The van der Waals surface area contributed by atoms with Crippen LogP contribution in [0.4, 0.5) is 0 Å². The maximum Gasteiger partial charge on any atom is 0.223 e. The minimum absolute atomic E-state index is 0.0148. The van der Waals surface area contributed by atoms with E-state index in [1.807, 2.05) is 24.1 Å². The van der Waals surface area contributed by atoms with E-state index < -0.39 is 0 Å². The number of hydrogen-bond acceptors (Lipinski definition) is 4. The van der Waals surface area contributed by atoms with E-state index in [1.54, 1.807) is 12.1 Å². The van der Waals surface area contributed by atoms with E-state index in [4.69, 9.17) is 4.74 Å². The number of rotatable bonds is 10. The lowest BCUT2D eigenvalue weighted by molar-refractivity contribution is -0.132. The summed E-state index contributed by atoms with van der Waals surface area (Å²) < 4.78 is 5.66. The van der Waals surface area contributed by atoms with Gasteiger partial charge in [0.15, 0.2) is 5.78 Å². The van der Waals surface area contributed by atoms with Crippen LogP contribution in [0.2, 0.25) is 0 Å². The van der Waals surface area contributed by atoms with E-state index in [2.05, 4.69) is 12.2 Å². The molecule has 0 aliphatic carbocycles. The summed E-state index contributed by atoms with van der Waals surface area (Å²) in [6, 6.07) is 7.76. The molecule has 1 N–H and O–H groups in total. The van der Waals surface area contributed by atoms with Gasteiger partial charge in [-0.15, -0.1) is 0 Å². The standard InChI is InChI=1S/C21H32N2O3/c1-3-4-5-16-26-19-8-6-17(7-9-19)20(24)10-11-21(25)23-14-12-18(22-2)13-15-23/h6-9,18,22H,3-5,10-16H2,1-2H3. The fraction of sp³-hybridized carbons (Fsp3) is 0.619. The van der Waals surface area contributed by atoms with Crippen molar-refractivity contribution in [3.63, 3.8) is 0 Å². The summed E-state index contributed by atoms with van der Waals surface area (Å²) in [6.07, 6.45) is 5.90. The molecule has 1 aromatic carbocycles. The molecule has 1 aliphatic rings. The number of ketones is 1. The lowest BCUT2D eigenvalue weighted by Crippen LogP contribution is -2.44. The molecule has 5 heteroatoms. The van der Waals surface area contributed by atoms with Crippen molar-refractivity contribution < 1.29 is 14.3 Å². The van der Waals surface area contributed by atoms with Crippen molar-refractivity contribution in [3.8, 4) is 5.75 Å². The van der Waals surface area contributed by atoms with Crippen LogP contribution >= 0.6 is 0 Å². The van der Waals surface area contributed by atoms with Gasteiger partial charge in [-0.1, -0.05) is 19.8 Å². The Morgan fingerprint density at radius 2 is 1.81 bits per heavy atom. The fourth-order valence-electron chi connectivity index (χ4n) is 3.22. The number of nitrogens with one attached hydrogen (secondary N) is 1. The molecule has 1 aromatic rings. The number of benzene rings is 1. The lowest BCUT2D eigenvalue weighted by Gasteiger charge is -2.31. The highest BCUT2D eigenvalue weighted by Crippen LogP contribution is 2.16. The molecule has 0 unspecified atom stereocenters. The van der Waals surface area contributed by atoms with Crippen molar-refractivity contribution in [2.45, 2.75) is 57.9 Å². The highest BCUT2D eigenvalue weighted by Gasteiger charge is 2.22. The van der Waals surface area contributed by atoms with E-state index in [9.17, 15) is 9.59 Å². The van der Waals surface area contributed by atoms with Gasteiger partial charge >= 0.3 is 0 Å². The normalized spacial score (nSPS) is 15.1. The fourth-order valence-corrected chi connectivity index (χ4v) is 3.22. The number of hydrogen-bond donors (Lipinski definition) is 1. The third kappa shape index (κ3) is 6.45. The van der Waals surface area contributed by atoms with Crippen LogP contribution < -0.4 is 10.1 Å². The summed E-state index contributed by atoms with van der Waals surface area (Å²) in [5, 5.41) is 3.26. The molecule has 0 saturated carbocycles. The monoisotopic (exact) mass is 360 g/mol. The third-order valence-corrected chi connectivity index (χ3v) is 5.01. The van der Waals surface area contributed by atoms with Gasteiger partial charge in [-0.05, 0) is 50.6 Å². The van der Waals surface area contributed by atoms with Gasteiger partial charge in [-0.25, -0.2) is 0 Å². The van der Waals surface area contributed by atoms with Gasteiger partial charge in [0.05, 0.1) is 6.61 Å². The number of likely N-dealkylation sites (tertiary alicyclic amines) is 1. The van der Waals surface area contributed by atoms with E-state index >= 15 is 0 Å². The number of ether oxygens (including phenoxy) is 1. The Labute approximate surface area is 157 Å². The van der Waals surface area contributed by atoms with Crippen molar-refractivity contribution >= 4 is 11.7 Å². The predicted octanol–water partition coefficient (Wildman–Crippen LogP) is 3.43. The molecule has 1 aliphatic heterocycles. The molecule has 2 rings (SSSR count). The first-order valence-corrected chi connectivity index (χ1v) is 9.85. The number of Topliss-reactive ketones (excluding diaryl/α,β-unsaturated/α-hetero) is 1. The van der Waals surface area contributed by atoms with E-state index in [0.29, 0.717) is 24.6 Å². The van der Waals surface area contributed by atoms with Crippen LogP contribution in [0.3, 0.4) is 0 Å². The first-order valence-electron chi connectivity index (χ1n) is 9.85. The molecule has 0 aromatic heterocycles. The van der Waals surface area contributed by atoms with Crippen LogP contribution in [-0.4, -0.2) is 49.4 Å². The average Bonchev–Trinajstić information content (AvgIpc) is 2.69. The molecule has 1 fully saturated rings. The highest BCUT2D eigenvalue weighted by atomic mass is 16.5. The van der Waals surface area contributed by atoms with Crippen molar-refractivity contribution in [3.05, 3.63) is 29.8 Å². The van der Waals surface area contributed by atoms with Gasteiger partial charge in [0.25, 0.3) is 0 Å². The quantitative estimate of drug-likeness (QED) is 0.513. The van der Waals surface area contributed by atoms with Gasteiger partial charge in [0.1, 0.15) is 5.75 Å². The topological polar surface area (TPSA) is 58.6 Å². The number of carbonyl (C=O) groups is 2. The maximum absolute atomic E-state index is 12.3. The Balaban J connectivity index is 1.72. The van der Waals surface area contributed by atoms with Gasteiger partial charge in [-0.3, -0.25) is 9.59 Å². The van der Waals surface area contributed by atoms with Crippen molar-refractivity contribution in [2.75, 3.05) is 26.7 Å². The molecule has 1 amide bonds. The Morgan fingerprint density at radius 3 is 2.42 bits per heavy atom. The van der Waals surface area contributed by atoms with Crippen LogP contribution in [0.1, 0.15) is 62.2 Å². The Bertz CT molecular complexity index is 563. The van der Waals surface area contributed by atoms with Crippen LogP contribution in [0, 0.1) is 0 Å². The number of nitrogens with zero attached hydrogens (tertiary/aromatic N) is 1. The molecular weight excluding hydrogens is 328 g/mol. The molecule has 0 bridgehead atoms. The van der Waals surface area contributed by atoms with Crippen LogP contribution in [-0.2, 0) is 4.79 Å². The second kappa shape index (κ2) is 11.0. The van der Waals surface area contributed by atoms with Gasteiger partial charge < -0.3 is 15.0 Å². The zero-order valence-electron chi connectivity index (χ0n) is 16.1. The number of amides is 1. The predicted molar refractivity (Wildman–Crippen MR) is 104 cm³/mol. The Kier molecular flexibility index (Phi) is 8.62. The molecule has 144 valence electrons. The van der Waals surface area contributed by atoms with Gasteiger partial charge in [0, 0.05) is 37.5 Å². The molecule has 5 nitrogen and oxygen atoms in total. The molecule has 1 heterocycles. The minimum atomic E-state index is 0.0148. The summed E-state index contributed by atoms with van der Waals surface area (Å²) in [7, 11) is 1.96. The second-order valence-electron chi connectivity index (χ2n) is 6.95. The Hall–Kier alpha value is -1.88. The number of carbonyl (C=O) groups excluding carboxylic acids is 2. The van der Waals surface area contributed by atoms with Crippen LogP contribution in [0.15, 0.2) is 24.3 Å². The van der Waals surface area contributed by atoms with Crippen molar-refractivity contribution in [1.82, 2.24) is 10.2 Å². The maximum atomic E-state index is 12.3.